The van der Waals surface area contributed by atoms with E-state index in [1.165, 1.54) is 0 Å². The fourth-order valence-electron chi connectivity index (χ4n) is 1.67. The molecule has 0 aliphatic carbocycles. The van der Waals surface area contributed by atoms with E-state index >= 15 is 0 Å². The monoisotopic (exact) mass is 285 g/mol. The highest BCUT2D eigenvalue weighted by atomic mass is 35.5. The van der Waals surface area contributed by atoms with Crippen LogP contribution in [0.3, 0.4) is 0 Å². The van der Waals surface area contributed by atoms with Crippen LogP contribution >= 0.6 is 11.6 Å². The third-order valence-corrected chi connectivity index (χ3v) is 3.00. The molecule has 0 bridgehead atoms. The van der Waals surface area contributed by atoms with Crippen molar-refractivity contribution >= 4 is 11.6 Å². The molecule has 0 saturated heterocycles. The molecule has 1 aromatic rings. The van der Waals surface area contributed by atoms with Gasteiger partial charge >= 0.3 is 0 Å². The van der Waals surface area contributed by atoms with E-state index in [2.05, 4.69) is 13.8 Å². The zero-order chi connectivity index (χ0) is 14.1. The summed E-state index contributed by atoms with van der Waals surface area (Å²) >= 11 is 5.96. The molecule has 1 aromatic carbocycles. The summed E-state index contributed by atoms with van der Waals surface area (Å²) in [5, 5.41) is 0.712. The van der Waals surface area contributed by atoms with E-state index in [1.54, 1.807) is 0 Å². The molecule has 0 radical (unpaired) electrons. The van der Waals surface area contributed by atoms with Gasteiger partial charge in [-0.05, 0) is 49.1 Å². The first-order valence-corrected chi connectivity index (χ1v) is 7.20. The Labute approximate surface area is 121 Å². The largest absolute Gasteiger partial charge is 0.491 e. The number of benzene rings is 1. The van der Waals surface area contributed by atoms with E-state index in [4.69, 9.17) is 26.8 Å². The van der Waals surface area contributed by atoms with Gasteiger partial charge < -0.3 is 15.2 Å². The lowest BCUT2D eigenvalue weighted by molar-refractivity contribution is 0.0923. The van der Waals surface area contributed by atoms with Crippen LogP contribution in [0.1, 0.15) is 25.8 Å². The van der Waals surface area contributed by atoms with E-state index < -0.39 is 0 Å². The number of rotatable bonds is 9. The summed E-state index contributed by atoms with van der Waals surface area (Å²) in [6.45, 7) is 6.91. The number of hydrogen-bond acceptors (Lipinski definition) is 3. The molecule has 108 valence electrons. The Balaban J connectivity index is 2.32. The minimum absolute atomic E-state index is 0.553. The Morgan fingerprint density at radius 3 is 2.68 bits per heavy atom. The Kier molecular flexibility index (Phi) is 7.87. The van der Waals surface area contributed by atoms with Crippen molar-refractivity contribution in [2.75, 3.05) is 26.4 Å². The second-order valence-corrected chi connectivity index (χ2v) is 5.37. The number of halogens is 1. The summed E-state index contributed by atoms with van der Waals surface area (Å²) in [6, 6.07) is 5.63. The summed E-state index contributed by atoms with van der Waals surface area (Å²) in [6.07, 6.45) is 1.85. The van der Waals surface area contributed by atoms with Crippen LogP contribution < -0.4 is 10.5 Å². The molecule has 2 N–H and O–H groups in total. The SMILES string of the molecule is CC(C)CCOCCOc1ccc(Cl)cc1CCN. The van der Waals surface area contributed by atoms with Gasteiger partial charge in [0.1, 0.15) is 12.4 Å². The standard InChI is InChI=1S/C15H24ClNO2/c1-12(2)6-8-18-9-10-19-15-4-3-14(16)11-13(15)5-7-17/h3-4,11-12H,5-10,17H2,1-2H3. The van der Waals surface area contributed by atoms with Gasteiger partial charge in [0.2, 0.25) is 0 Å². The van der Waals surface area contributed by atoms with Crippen LogP contribution in [0.2, 0.25) is 5.02 Å². The van der Waals surface area contributed by atoms with E-state index in [0.717, 1.165) is 30.8 Å². The van der Waals surface area contributed by atoms with Gasteiger partial charge in [-0.15, -0.1) is 0 Å². The number of ether oxygens (including phenoxy) is 2. The van der Waals surface area contributed by atoms with Crippen LogP contribution in [0, 0.1) is 5.92 Å². The van der Waals surface area contributed by atoms with Crippen molar-refractivity contribution in [3.8, 4) is 5.75 Å². The Hall–Kier alpha value is -0.770. The minimum Gasteiger partial charge on any atom is -0.491 e. The molecule has 3 nitrogen and oxygen atoms in total. The fraction of sp³-hybridized carbons (Fsp3) is 0.600. The van der Waals surface area contributed by atoms with E-state index in [0.29, 0.717) is 30.7 Å². The average Bonchev–Trinajstić information content (AvgIpc) is 2.36. The molecule has 1 rings (SSSR count). The van der Waals surface area contributed by atoms with Gasteiger partial charge in [-0.1, -0.05) is 25.4 Å². The van der Waals surface area contributed by atoms with Crippen molar-refractivity contribution < 1.29 is 9.47 Å². The first-order valence-electron chi connectivity index (χ1n) is 6.82. The molecule has 0 unspecified atom stereocenters. The van der Waals surface area contributed by atoms with E-state index in [9.17, 15) is 0 Å². The van der Waals surface area contributed by atoms with Crippen molar-refractivity contribution in [1.82, 2.24) is 0 Å². The predicted molar refractivity (Wildman–Crippen MR) is 80.0 cm³/mol. The molecule has 0 saturated carbocycles. The van der Waals surface area contributed by atoms with Gasteiger partial charge in [0.15, 0.2) is 0 Å². The summed E-state index contributed by atoms with van der Waals surface area (Å²) in [5.41, 5.74) is 6.63. The van der Waals surface area contributed by atoms with Crippen molar-refractivity contribution in [2.45, 2.75) is 26.7 Å². The molecule has 0 aliphatic rings. The first-order chi connectivity index (χ1) is 9.13. The van der Waals surface area contributed by atoms with Gasteiger partial charge in [0, 0.05) is 11.6 Å². The van der Waals surface area contributed by atoms with Crippen LogP contribution in [0.4, 0.5) is 0 Å². The third-order valence-electron chi connectivity index (χ3n) is 2.76. The Morgan fingerprint density at radius 1 is 1.21 bits per heavy atom. The summed E-state index contributed by atoms with van der Waals surface area (Å²) < 4.78 is 11.2. The highest BCUT2D eigenvalue weighted by molar-refractivity contribution is 6.30. The average molecular weight is 286 g/mol. The van der Waals surface area contributed by atoms with Crippen molar-refractivity contribution in [2.24, 2.45) is 11.7 Å². The van der Waals surface area contributed by atoms with Gasteiger partial charge in [0.25, 0.3) is 0 Å². The molecule has 0 aliphatic heterocycles. The summed E-state index contributed by atoms with van der Waals surface area (Å²) in [5.74, 6) is 1.52. The molecule has 0 spiro atoms. The second kappa shape index (κ2) is 9.18. The number of nitrogens with two attached hydrogens (primary N) is 1. The van der Waals surface area contributed by atoms with E-state index in [1.807, 2.05) is 18.2 Å². The molecule has 0 amide bonds. The smallest absolute Gasteiger partial charge is 0.122 e. The molecule has 0 aromatic heterocycles. The van der Waals surface area contributed by atoms with Crippen LogP contribution in [-0.2, 0) is 11.2 Å². The van der Waals surface area contributed by atoms with Crippen molar-refractivity contribution in [3.05, 3.63) is 28.8 Å². The fourth-order valence-corrected chi connectivity index (χ4v) is 1.87. The third kappa shape index (κ3) is 6.81. The van der Waals surface area contributed by atoms with Crippen LogP contribution in [0.15, 0.2) is 18.2 Å². The number of hydrogen-bond donors (Lipinski definition) is 1. The van der Waals surface area contributed by atoms with Crippen molar-refractivity contribution in [3.63, 3.8) is 0 Å². The summed E-state index contributed by atoms with van der Waals surface area (Å²) in [4.78, 5) is 0. The highest BCUT2D eigenvalue weighted by Crippen LogP contribution is 2.23. The molecule has 0 atom stereocenters. The maximum absolute atomic E-state index is 5.96. The lowest BCUT2D eigenvalue weighted by atomic mass is 10.1. The molecule has 0 fully saturated rings. The Morgan fingerprint density at radius 2 is 2.00 bits per heavy atom. The zero-order valence-electron chi connectivity index (χ0n) is 11.8. The maximum Gasteiger partial charge on any atom is 0.122 e. The molecular formula is C15H24ClNO2. The molecule has 0 heterocycles. The normalized spacial score (nSPS) is 11.0. The lowest BCUT2D eigenvalue weighted by Gasteiger charge is -2.12. The molecular weight excluding hydrogens is 262 g/mol. The quantitative estimate of drug-likeness (QED) is 0.708. The summed E-state index contributed by atoms with van der Waals surface area (Å²) in [7, 11) is 0. The van der Waals surface area contributed by atoms with Crippen LogP contribution in [0.5, 0.6) is 5.75 Å². The second-order valence-electron chi connectivity index (χ2n) is 4.93. The lowest BCUT2D eigenvalue weighted by Crippen LogP contribution is -2.10. The van der Waals surface area contributed by atoms with Gasteiger partial charge in [-0.3, -0.25) is 0 Å². The van der Waals surface area contributed by atoms with Crippen LogP contribution in [-0.4, -0.2) is 26.4 Å². The van der Waals surface area contributed by atoms with Gasteiger partial charge in [-0.2, -0.15) is 0 Å². The molecule has 4 heteroatoms. The maximum atomic E-state index is 5.96. The van der Waals surface area contributed by atoms with Crippen molar-refractivity contribution in [1.29, 1.82) is 0 Å². The Bertz CT molecular complexity index is 369. The van der Waals surface area contributed by atoms with Gasteiger partial charge in [0.05, 0.1) is 6.61 Å². The predicted octanol–water partition coefficient (Wildman–Crippen LogP) is 3.28. The van der Waals surface area contributed by atoms with Crippen LogP contribution in [0.25, 0.3) is 0 Å². The first kappa shape index (κ1) is 16.3. The topological polar surface area (TPSA) is 44.5 Å². The zero-order valence-corrected chi connectivity index (χ0v) is 12.6. The molecule has 19 heavy (non-hydrogen) atoms. The van der Waals surface area contributed by atoms with E-state index in [-0.39, 0.29) is 0 Å². The van der Waals surface area contributed by atoms with Gasteiger partial charge in [-0.25, -0.2) is 0 Å². The highest BCUT2D eigenvalue weighted by Gasteiger charge is 2.04. The minimum atomic E-state index is 0.553.